The molecule has 0 aliphatic rings. The molecule has 0 saturated heterocycles. The van der Waals surface area contributed by atoms with Gasteiger partial charge in [-0.15, -0.1) is 0 Å². The van der Waals surface area contributed by atoms with E-state index >= 15 is 0 Å². The molecular formula is C11H12FN3O. The number of hydrogen-bond donors (Lipinski definition) is 1. The fraction of sp³-hybridized carbons (Fsp3) is 0.182. The second kappa shape index (κ2) is 4.42. The van der Waals surface area contributed by atoms with Crippen molar-refractivity contribution in [2.24, 2.45) is 12.9 Å². The van der Waals surface area contributed by atoms with Crippen molar-refractivity contribution in [3.8, 4) is 0 Å². The molecule has 0 aliphatic heterocycles. The van der Waals surface area contributed by atoms with Gasteiger partial charge in [-0.05, 0) is 17.7 Å². The molecule has 0 bridgehead atoms. The predicted octanol–water partition coefficient (Wildman–Crippen LogP) is 1.54. The summed E-state index contributed by atoms with van der Waals surface area (Å²) in [5, 5.41) is 0. The van der Waals surface area contributed by atoms with E-state index < -0.39 is 6.10 Å². The van der Waals surface area contributed by atoms with Crippen LogP contribution in [0.5, 0.6) is 0 Å². The Kier molecular flexibility index (Phi) is 2.98. The van der Waals surface area contributed by atoms with Gasteiger partial charge in [0, 0.05) is 7.05 Å². The van der Waals surface area contributed by atoms with Gasteiger partial charge in [-0.2, -0.15) is 0 Å². The van der Waals surface area contributed by atoms with Crippen LogP contribution in [-0.2, 0) is 11.9 Å². The topological polar surface area (TPSA) is 53.1 Å². The molecule has 5 heteroatoms. The Bertz CT molecular complexity index is 466. The van der Waals surface area contributed by atoms with Gasteiger partial charge in [-0.25, -0.2) is 15.3 Å². The van der Waals surface area contributed by atoms with Crippen molar-refractivity contribution in [3.63, 3.8) is 0 Å². The van der Waals surface area contributed by atoms with Crippen molar-refractivity contribution in [2.45, 2.75) is 6.10 Å². The highest BCUT2D eigenvalue weighted by Crippen LogP contribution is 2.23. The van der Waals surface area contributed by atoms with E-state index in [0.29, 0.717) is 0 Å². The van der Waals surface area contributed by atoms with Gasteiger partial charge < -0.3 is 4.57 Å². The van der Waals surface area contributed by atoms with Crippen molar-refractivity contribution in [1.82, 2.24) is 9.55 Å². The van der Waals surface area contributed by atoms with Crippen LogP contribution >= 0.6 is 0 Å². The summed E-state index contributed by atoms with van der Waals surface area (Å²) < 4.78 is 14.6. The lowest BCUT2D eigenvalue weighted by Gasteiger charge is -2.15. The Labute approximate surface area is 92.4 Å². The standard InChI is InChI=1S/C11H12FN3O/c1-15-7-14-6-10(15)11(16-13)8-2-4-9(12)5-3-8/h2-7,11H,13H2,1H3. The molecule has 1 heterocycles. The maximum Gasteiger partial charge on any atom is 0.145 e. The van der Waals surface area contributed by atoms with Crippen LogP contribution < -0.4 is 5.90 Å². The molecule has 1 atom stereocenters. The molecule has 0 spiro atoms. The molecule has 0 aliphatic carbocycles. The normalized spacial score (nSPS) is 12.7. The lowest BCUT2D eigenvalue weighted by atomic mass is 10.1. The summed E-state index contributed by atoms with van der Waals surface area (Å²) in [6.07, 6.45) is 2.89. The van der Waals surface area contributed by atoms with Crippen LogP contribution in [-0.4, -0.2) is 9.55 Å². The van der Waals surface area contributed by atoms with E-state index in [0.717, 1.165) is 11.3 Å². The summed E-state index contributed by atoms with van der Waals surface area (Å²) in [5.74, 6) is 4.98. The first-order valence-electron chi connectivity index (χ1n) is 4.79. The van der Waals surface area contributed by atoms with Crippen LogP contribution in [0.25, 0.3) is 0 Å². The molecule has 1 aromatic carbocycles. The van der Waals surface area contributed by atoms with E-state index in [2.05, 4.69) is 4.98 Å². The highest BCUT2D eigenvalue weighted by atomic mass is 19.1. The summed E-state index contributed by atoms with van der Waals surface area (Å²) in [5.41, 5.74) is 1.60. The Hall–Kier alpha value is -1.72. The molecule has 0 saturated carbocycles. The zero-order chi connectivity index (χ0) is 11.5. The van der Waals surface area contributed by atoms with E-state index in [1.807, 2.05) is 7.05 Å². The van der Waals surface area contributed by atoms with Crippen molar-refractivity contribution >= 4 is 0 Å². The third-order valence-electron chi connectivity index (χ3n) is 2.43. The maximum atomic E-state index is 12.8. The smallest absolute Gasteiger partial charge is 0.145 e. The Morgan fingerprint density at radius 3 is 2.56 bits per heavy atom. The lowest BCUT2D eigenvalue weighted by Crippen LogP contribution is -2.13. The van der Waals surface area contributed by atoms with Crippen LogP contribution in [0.1, 0.15) is 17.4 Å². The van der Waals surface area contributed by atoms with Gasteiger partial charge in [0.05, 0.1) is 18.2 Å². The van der Waals surface area contributed by atoms with E-state index in [1.165, 1.54) is 12.1 Å². The molecule has 1 unspecified atom stereocenters. The Balaban J connectivity index is 2.37. The molecule has 0 fully saturated rings. The first kappa shape index (κ1) is 10.8. The Morgan fingerprint density at radius 1 is 1.38 bits per heavy atom. The van der Waals surface area contributed by atoms with Crippen molar-refractivity contribution in [2.75, 3.05) is 0 Å². The summed E-state index contributed by atoms with van der Waals surface area (Å²) in [6, 6.07) is 6.02. The van der Waals surface area contributed by atoms with Gasteiger partial charge in [0.25, 0.3) is 0 Å². The molecule has 0 radical (unpaired) electrons. The third kappa shape index (κ3) is 1.95. The van der Waals surface area contributed by atoms with Crippen molar-refractivity contribution in [1.29, 1.82) is 0 Å². The fourth-order valence-electron chi connectivity index (χ4n) is 1.58. The molecule has 2 N–H and O–H groups in total. The second-order valence-electron chi connectivity index (χ2n) is 3.50. The SMILES string of the molecule is Cn1cncc1C(ON)c1ccc(F)cc1. The van der Waals surface area contributed by atoms with Crippen LogP contribution in [0.4, 0.5) is 4.39 Å². The van der Waals surface area contributed by atoms with E-state index in [4.69, 9.17) is 10.7 Å². The molecule has 0 amide bonds. The van der Waals surface area contributed by atoms with Crippen LogP contribution in [0.2, 0.25) is 0 Å². The summed E-state index contributed by atoms with van der Waals surface area (Å²) >= 11 is 0. The number of benzene rings is 1. The number of imidazole rings is 1. The highest BCUT2D eigenvalue weighted by Gasteiger charge is 2.17. The van der Waals surface area contributed by atoms with E-state index in [-0.39, 0.29) is 5.82 Å². The van der Waals surface area contributed by atoms with Crippen molar-refractivity contribution in [3.05, 3.63) is 53.9 Å². The average molecular weight is 221 g/mol. The molecule has 2 rings (SSSR count). The first-order valence-corrected chi connectivity index (χ1v) is 4.79. The lowest BCUT2D eigenvalue weighted by molar-refractivity contribution is 0.0764. The molecule has 16 heavy (non-hydrogen) atoms. The summed E-state index contributed by atoms with van der Waals surface area (Å²) in [4.78, 5) is 8.91. The third-order valence-corrected chi connectivity index (χ3v) is 2.43. The summed E-state index contributed by atoms with van der Waals surface area (Å²) in [6.45, 7) is 0. The number of nitrogens with zero attached hydrogens (tertiary/aromatic N) is 2. The Morgan fingerprint density at radius 2 is 2.06 bits per heavy atom. The van der Waals surface area contributed by atoms with E-state index in [1.54, 1.807) is 29.2 Å². The minimum atomic E-state index is -0.437. The predicted molar refractivity (Wildman–Crippen MR) is 56.7 cm³/mol. The number of halogens is 1. The van der Waals surface area contributed by atoms with Crippen LogP contribution in [0.15, 0.2) is 36.8 Å². The first-order chi connectivity index (χ1) is 7.72. The van der Waals surface area contributed by atoms with Gasteiger partial charge in [0.1, 0.15) is 11.9 Å². The van der Waals surface area contributed by atoms with Crippen LogP contribution in [0, 0.1) is 5.82 Å². The number of nitrogens with two attached hydrogens (primary N) is 1. The zero-order valence-electron chi connectivity index (χ0n) is 8.80. The van der Waals surface area contributed by atoms with E-state index in [9.17, 15) is 4.39 Å². The largest absolute Gasteiger partial charge is 0.335 e. The molecule has 84 valence electrons. The quantitative estimate of drug-likeness (QED) is 0.800. The van der Waals surface area contributed by atoms with Gasteiger partial charge in [0.15, 0.2) is 0 Å². The summed E-state index contributed by atoms with van der Waals surface area (Å²) in [7, 11) is 1.85. The maximum absolute atomic E-state index is 12.8. The van der Waals surface area contributed by atoms with Gasteiger partial charge in [0.2, 0.25) is 0 Å². The van der Waals surface area contributed by atoms with Gasteiger partial charge in [-0.3, -0.25) is 4.84 Å². The van der Waals surface area contributed by atoms with Crippen LogP contribution in [0.3, 0.4) is 0 Å². The monoisotopic (exact) mass is 221 g/mol. The molecular weight excluding hydrogens is 209 g/mol. The minimum absolute atomic E-state index is 0.287. The zero-order valence-corrected chi connectivity index (χ0v) is 8.80. The number of aromatic nitrogens is 2. The number of aryl methyl sites for hydroxylation is 1. The number of rotatable bonds is 3. The molecule has 1 aromatic heterocycles. The van der Waals surface area contributed by atoms with Crippen molar-refractivity contribution < 1.29 is 9.23 Å². The van der Waals surface area contributed by atoms with Gasteiger partial charge in [-0.1, -0.05) is 12.1 Å². The number of hydrogen-bond acceptors (Lipinski definition) is 3. The fourth-order valence-corrected chi connectivity index (χ4v) is 1.58. The molecule has 2 aromatic rings. The minimum Gasteiger partial charge on any atom is -0.335 e. The second-order valence-corrected chi connectivity index (χ2v) is 3.50. The average Bonchev–Trinajstić information content (AvgIpc) is 2.69. The molecule has 4 nitrogen and oxygen atoms in total. The van der Waals surface area contributed by atoms with Gasteiger partial charge >= 0.3 is 0 Å². The highest BCUT2D eigenvalue weighted by molar-refractivity contribution is 5.25.